The number of piperazine rings is 1. The van der Waals surface area contributed by atoms with Crippen molar-refractivity contribution in [2.45, 2.75) is 24.8 Å². The second kappa shape index (κ2) is 6.22. The molecular weight excluding hydrogens is 324 g/mol. The van der Waals surface area contributed by atoms with Crippen LogP contribution in [0.2, 0.25) is 5.02 Å². The molecule has 1 N–H and O–H groups in total. The van der Waals surface area contributed by atoms with Crippen LogP contribution in [0.5, 0.6) is 0 Å². The van der Waals surface area contributed by atoms with E-state index in [1.165, 1.54) is 18.5 Å². The van der Waals surface area contributed by atoms with Crippen molar-refractivity contribution in [3.63, 3.8) is 0 Å². The van der Waals surface area contributed by atoms with E-state index in [1.807, 2.05) is 47.0 Å². The van der Waals surface area contributed by atoms with Gasteiger partial charge in [0.25, 0.3) is 5.91 Å². The van der Waals surface area contributed by atoms with Crippen molar-refractivity contribution in [1.29, 1.82) is 0 Å². The number of amides is 1. The van der Waals surface area contributed by atoms with Crippen LogP contribution >= 0.6 is 11.6 Å². The van der Waals surface area contributed by atoms with Crippen LogP contribution in [0, 0.1) is 0 Å². The molecule has 126 valence electrons. The van der Waals surface area contributed by atoms with Crippen LogP contribution in [0.1, 0.15) is 46.5 Å². The normalized spacial score (nSPS) is 21.1. The minimum Gasteiger partial charge on any atom is -0.328 e. The predicted octanol–water partition coefficient (Wildman–Crippen LogP) is 2.74. The van der Waals surface area contributed by atoms with E-state index >= 15 is 0 Å². The Morgan fingerprint density at radius 3 is 2.88 bits per heavy atom. The summed E-state index contributed by atoms with van der Waals surface area (Å²) in [6.45, 7) is 2.15. The molecule has 1 aliphatic carbocycles. The van der Waals surface area contributed by atoms with Gasteiger partial charge in [0.05, 0.1) is 6.04 Å². The lowest BCUT2D eigenvalue weighted by Gasteiger charge is -2.36. The zero-order chi connectivity index (χ0) is 16.7. The molecule has 1 aliphatic heterocycles. The van der Waals surface area contributed by atoms with Crippen molar-refractivity contribution in [3.05, 3.63) is 52.3 Å². The Morgan fingerprint density at radius 2 is 2.12 bits per heavy atom. The summed E-state index contributed by atoms with van der Waals surface area (Å²) >= 11 is 6.37. The maximum Gasteiger partial charge on any atom is 0.274 e. The molecule has 1 saturated carbocycles. The number of carbonyl (C=O) groups is 1. The lowest BCUT2D eigenvalue weighted by Crippen LogP contribution is -2.48. The van der Waals surface area contributed by atoms with Crippen LogP contribution < -0.4 is 5.32 Å². The Balaban J connectivity index is 1.64. The Hall–Kier alpha value is -1.85. The van der Waals surface area contributed by atoms with E-state index < -0.39 is 0 Å². The summed E-state index contributed by atoms with van der Waals surface area (Å²) in [5, 5.41) is 8.53. The van der Waals surface area contributed by atoms with Crippen molar-refractivity contribution < 1.29 is 4.79 Å². The minimum atomic E-state index is -0.0636. The monoisotopic (exact) mass is 344 g/mol. The highest BCUT2D eigenvalue weighted by Gasteiger charge is 2.33. The Morgan fingerprint density at radius 1 is 1.33 bits per heavy atom. The van der Waals surface area contributed by atoms with Gasteiger partial charge in [-0.15, -0.1) is 0 Å². The molecule has 2 heterocycles. The highest BCUT2D eigenvalue weighted by atomic mass is 35.5. The van der Waals surface area contributed by atoms with Crippen molar-refractivity contribution in [2.24, 2.45) is 7.05 Å². The second-order valence-corrected chi connectivity index (χ2v) is 7.00. The maximum atomic E-state index is 13.1. The van der Waals surface area contributed by atoms with E-state index in [0.717, 1.165) is 12.1 Å². The first-order valence-electron chi connectivity index (χ1n) is 8.45. The molecule has 1 aromatic carbocycles. The Bertz CT molecular complexity index is 768. The number of hydrogen-bond donors (Lipinski definition) is 1. The third kappa shape index (κ3) is 2.82. The summed E-state index contributed by atoms with van der Waals surface area (Å²) < 4.78 is 1.86. The van der Waals surface area contributed by atoms with Gasteiger partial charge in [0.1, 0.15) is 0 Å². The summed E-state index contributed by atoms with van der Waals surface area (Å²) in [5.41, 5.74) is 2.69. The van der Waals surface area contributed by atoms with Gasteiger partial charge in [-0.1, -0.05) is 29.8 Å². The van der Waals surface area contributed by atoms with Crippen LogP contribution in [0.3, 0.4) is 0 Å². The van der Waals surface area contributed by atoms with Gasteiger partial charge in [-0.2, -0.15) is 5.10 Å². The van der Waals surface area contributed by atoms with Gasteiger partial charge in [0.15, 0.2) is 5.69 Å². The first-order chi connectivity index (χ1) is 11.6. The summed E-state index contributed by atoms with van der Waals surface area (Å²) in [6, 6.07) is 9.64. The number of aromatic nitrogens is 2. The van der Waals surface area contributed by atoms with Crippen LogP contribution in [0.4, 0.5) is 0 Å². The molecule has 1 unspecified atom stereocenters. The molecule has 0 bridgehead atoms. The Kier molecular flexibility index (Phi) is 4.06. The molecule has 1 amide bonds. The number of benzene rings is 1. The number of halogens is 1. The average Bonchev–Trinajstić information content (AvgIpc) is 3.37. The zero-order valence-corrected chi connectivity index (χ0v) is 14.5. The number of carbonyl (C=O) groups excluding carboxylic acids is 1. The number of nitrogens with one attached hydrogen (secondary N) is 1. The van der Waals surface area contributed by atoms with Crippen molar-refractivity contribution >= 4 is 17.5 Å². The van der Waals surface area contributed by atoms with Gasteiger partial charge < -0.3 is 10.2 Å². The minimum absolute atomic E-state index is 0.0103. The third-order valence-electron chi connectivity index (χ3n) is 4.90. The fourth-order valence-corrected chi connectivity index (χ4v) is 3.73. The van der Waals surface area contributed by atoms with Crippen LogP contribution in [0.15, 0.2) is 30.3 Å². The summed E-state index contributed by atoms with van der Waals surface area (Å²) in [7, 11) is 1.92. The topological polar surface area (TPSA) is 50.2 Å². The SMILES string of the molecule is Cn1nc(C(=O)N2CCNCC2c2ccccc2Cl)cc1C1CC1. The number of hydrogen-bond acceptors (Lipinski definition) is 3. The molecule has 24 heavy (non-hydrogen) atoms. The smallest absolute Gasteiger partial charge is 0.274 e. The largest absolute Gasteiger partial charge is 0.328 e. The first kappa shape index (κ1) is 15.7. The lowest BCUT2D eigenvalue weighted by molar-refractivity contribution is 0.0627. The summed E-state index contributed by atoms with van der Waals surface area (Å²) in [6.07, 6.45) is 2.39. The highest BCUT2D eigenvalue weighted by molar-refractivity contribution is 6.31. The zero-order valence-electron chi connectivity index (χ0n) is 13.7. The van der Waals surface area contributed by atoms with Gasteiger partial charge in [0, 0.05) is 43.3 Å². The fraction of sp³-hybridized carbons (Fsp3) is 0.444. The van der Waals surface area contributed by atoms with Gasteiger partial charge >= 0.3 is 0 Å². The molecule has 6 heteroatoms. The van der Waals surface area contributed by atoms with Crippen LogP contribution in [-0.4, -0.2) is 40.2 Å². The van der Waals surface area contributed by atoms with E-state index in [-0.39, 0.29) is 11.9 Å². The molecule has 2 fully saturated rings. The molecule has 5 nitrogen and oxygen atoms in total. The average molecular weight is 345 g/mol. The van der Waals surface area contributed by atoms with Gasteiger partial charge in [-0.05, 0) is 30.5 Å². The van der Waals surface area contributed by atoms with Crippen LogP contribution in [0.25, 0.3) is 0 Å². The van der Waals surface area contributed by atoms with E-state index in [9.17, 15) is 4.79 Å². The van der Waals surface area contributed by atoms with E-state index in [2.05, 4.69) is 10.4 Å². The van der Waals surface area contributed by atoms with Crippen molar-refractivity contribution in [1.82, 2.24) is 20.0 Å². The van der Waals surface area contributed by atoms with Gasteiger partial charge in [-0.3, -0.25) is 9.48 Å². The van der Waals surface area contributed by atoms with Crippen LogP contribution in [-0.2, 0) is 7.05 Å². The third-order valence-corrected chi connectivity index (χ3v) is 5.24. The molecule has 2 aliphatic rings. The van der Waals surface area contributed by atoms with E-state index in [1.54, 1.807) is 0 Å². The number of rotatable bonds is 3. The molecular formula is C18H21ClN4O. The molecule has 0 radical (unpaired) electrons. The fourth-order valence-electron chi connectivity index (χ4n) is 3.47. The van der Waals surface area contributed by atoms with Gasteiger partial charge in [0.2, 0.25) is 0 Å². The first-order valence-corrected chi connectivity index (χ1v) is 8.83. The lowest BCUT2D eigenvalue weighted by atomic mass is 10.0. The standard InChI is InChI=1S/C18H21ClN4O/c1-22-16(12-6-7-12)10-15(21-22)18(24)23-9-8-20-11-17(23)13-4-2-3-5-14(13)19/h2-5,10,12,17,20H,6-9,11H2,1H3. The number of nitrogens with zero attached hydrogens (tertiary/aromatic N) is 3. The molecule has 1 atom stereocenters. The molecule has 1 aromatic heterocycles. The van der Waals surface area contributed by atoms with Crippen molar-refractivity contribution in [2.75, 3.05) is 19.6 Å². The predicted molar refractivity (Wildman–Crippen MR) is 93.3 cm³/mol. The Labute approximate surface area is 146 Å². The molecule has 1 saturated heterocycles. The van der Waals surface area contributed by atoms with Gasteiger partial charge in [-0.25, -0.2) is 0 Å². The van der Waals surface area contributed by atoms with Crippen molar-refractivity contribution in [3.8, 4) is 0 Å². The second-order valence-electron chi connectivity index (χ2n) is 6.59. The maximum absolute atomic E-state index is 13.1. The quantitative estimate of drug-likeness (QED) is 0.931. The molecule has 0 spiro atoms. The van der Waals surface area contributed by atoms with E-state index in [0.29, 0.717) is 29.7 Å². The highest BCUT2D eigenvalue weighted by Crippen LogP contribution is 2.40. The van der Waals surface area contributed by atoms with E-state index in [4.69, 9.17) is 11.6 Å². The number of aryl methyl sites for hydroxylation is 1. The summed E-state index contributed by atoms with van der Waals surface area (Å²) in [4.78, 5) is 15.0. The molecule has 2 aromatic rings. The molecule has 4 rings (SSSR count). The summed E-state index contributed by atoms with van der Waals surface area (Å²) in [5.74, 6) is 0.565.